The van der Waals surface area contributed by atoms with Crippen LogP contribution < -0.4 is 0 Å². The van der Waals surface area contributed by atoms with Crippen molar-refractivity contribution < 1.29 is 23.6 Å². The molecule has 8 heteroatoms. The minimum Gasteiger partial charge on any atom is -0.394 e. The molecule has 1 heterocycles. The molecule has 0 spiro atoms. The van der Waals surface area contributed by atoms with Gasteiger partial charge in [-0.25, -0.2) is 8.78 Å². The van der Waals surface area contributed by atoms with Crippen LogP contribution in [0.5, 0.6) is 0 Å². The quantitative estimate of drug-likeness (QED) is 0.673. The molecule has 1 N–H and O–H groups in total. The number of nitro benzene ring substituents is 1. The fourth-order valence-corrected chi connectivity index (χ4v) is 2.31. The Bertz CT molecular complexity index is 565. The van der Waals surface area contributed by atoms with Crippen LogP contribution in [0.15, 0.2) is 12.1 Å². The molecule has 0 unspecified atom stereocenters. The Morgan fingerprint density at radius 2 is 2.10 bits per heavy atom. The lowest BCUT2D eigenvalue weighted by Gasteiger charge is -2.22. The molecule has 6 nitrogen and oxygen atoms in total. The number of carbonyl (C=O) groups is 1. The molecule has 1 amide bonds. The summed E-state index contributed by atoms with van der Waals surface area (Å²) in [6.07, 6.45) is 1.22. The normalized spacial score (nSPS) is 18.4. The van der Waals surface area contributed by atoms with Gasteiger partial charge in [0.15, 0.2) is 11.6 Å². The highest BCUT2D eigenvalue weighted by molar-refractivity contribution is 5.98. The third-order valence-corrected chi connectivity index (χ3v) is 3.31. The van der Waals surface area contributed by atoms with Gasteiger partial charge in [0.2, 0.25) is 0 Å². The lowest BCUT2D eigenvalue weighted by Crippen LogP contribution is -2.38. The summed E-state index contributed by atoms with van der Waals surface area (Å²) in [5, 5.41) is 20.0. The van der Waals surface area contributed by atoms with Crippen molar-refractivity contribution in [1.29, 1.82) is 0 Å². The van der Waals surface area contributed by atoms with Crippen molar-refractivity contribution in [2.45, 2.75) is 18.9 Å². The van der Waals surface area contributed by atoms with Crippen molar-refractivity contribution in [3.05, 3.63) is 39.4 Å². The van der Waals surface area contributed by atoms with E-state index in [1.807, 2.05) is 0 Å². The predicted octanol–water partition coefficient (Wildman–Crippen LogP) is 1.47. The second-order valence-corrected chi connectivity index (χ2v) is 4.52. The van der Waals surface area contributed by atoms with Gasteiger partial charge in [-0.1, -0.05) is 0 Å². The molecule has 0 bridgehead atoms. The molecule has 20 heavy (non-hydrogen) atoms. The second-order valence-electron chi connectivity index (χ2n) is 4.52. The third kappa shape index (κ3) is 2.46. The Morgan fingerprint density at radius 1 is 1.45 bits per heavy atom. The van der Waals surface area contributed by atoms with E-state index in [9.17, 15) is 23.7 Å². The molecule has 1 atom stereocenters. The van der Waals surface area contributed by atoms with E-state index in [1.165, 1.54) is 4.90 Å². The highest BCUT2D eigenvalue weighted by Crippen LogP contribution is 2.27. The summed E-state index contributed by atoms with van der Waals surface area (Å²) in [7, 11) is 0. The van der Waals surface area contributed by atoms with Gasteiger partial charge in [-0.15, -0.1) is 0 Å². The van der Waals surface area contributed by atoms with Gasteiger partial charge in [0.05, 0.1) is 23.6 Å². The van der Waals surface area contributed by atoms with E-state index < -0.39 is 39.8 Å². The molecule has 0 aromatic heterocycles. The summed E-state index contributed by atoms with van der Waals surface area (Å²) in [6, 6.07) is 0.477. The highest BCUT2D eigenvalue weighted by atomic mass is 19.2. The number of carbonyl (C=O) groups excluding carboxylic acids is 1. The average Bonchev–Trinajstić information content (AvgIpc) is 2.88. The molecule has 1 aromatic carbocycles. The van der Waals surface area contributed by atoms with Crippen LogP contribution in [0.1, 0.15) is 23.2 Å². The van der Waals surface area contributed by atoms with Crippen LogP contribution in [0.2, 0.25) is 0 Å². The molecule has 1 aliphatic rings. The van der Waals surface area contributed by atoms with Gasteiger partial charge in [0.1, 0.15) is 5.56 Å². The number of benzene rings is 1. The number of nitrogens with zero attached hydrogens (tertiary/aromatic N) is 2. The van der Waals surface area contributed by atoms with Gasteiger partial charge < -0.3 is 10.0 Å². The minimum absolute atomic E-state index is 0.275. The summed E-state index contributed by atoms with van der Waals surface area (Å²) in [5.41, 5.74) is -1.29. The van der Waals surface area contributed by atoms with Crippen molar-refractivity contribution in [1.82, 2.24) is 4.90 Å². The van der Waals surface area contributed by atoms with Gasteiger partial charge in [0.25, 0.3) is 11.6 Å². The van der Waals surface area contributed by atoms with Gasteiger partial charge in [-0.05, 0) is 18.9 Å². The van der Waals surface area contributed by atoms with Crippen LogP contribution in [0.4, 0.5) is 14.5 Å². The van der Waals surface area contributed by atoms with Crippen LogP contribution in [-0.2, 0) is 0 Å². The minimum atomic E-state index is -1.38. The average molecular weight is 286 g/mol. The number of rotatable bonds is 3. The lowest BCUT2D eigenvalue weighted by molar-refractivity contribution is -0.385. The molecule has 0 radical (unpaired) electrons. The van der Waals surface area contributed by atoms with Crippen molar-refractivity contribution in [3.8, 4) is 0 Å². The van der Waals surface area contributed by atoms with Crippen LogP contribution in [0.3, 0.4) is 0 Å². The van der Waals surface area contributed by atoms with E-state index in [-0.39, 0.29) is 6.61 Å². The largest absolute Gasteiger partial charge is 0.394 e. The SMILES string of the molecule is O=C(c1cc(F)c(F)cc1[N+](=O)[O-])N1CCC[C@H]1CO. The lowest BCUT2D eigenvalue weighted by atomic mass is 10.1. The molecular formula is C12H12F2N2O4. The van der Waals surface area contributed by atoms with Crippen LogP contribution in [0, 0.1) is 21.7 Å². The summed E-state index contributed by atoms with van der Waals surface area (Å²) < 4.78 is 26.3. The first kappa shape index (κ1) is 14.3. The van der Waals surface area contributed by atoms with Gasteiger partial charge in [-0.3, -0.25) is 14.9 Å². The molecule has 1 fully saturated rings. The predicted molar refractivity (Wildman–Crippen MR) is 64.2 cm³/mol. The van der Waals surface area contributed by atoms with E-state index >= 15 is 0 Å². The molecule has 0 saturated carbocycles. The van der Waals surface area contributed by atoms with Crippen molar-refractivity contribution in [2.75, 3.05) is 13.2 Å². The van der Waals surface area contributed by atoms with Crippen molar-refractivity contribution in [2.24, 2.45) is 0 Å². The molecule has 1 aliphatic heterocycles. The van der Waals surface area contributed by atoms with E-state index in [0.717, 1.165) is 0 Å². The monoisotopic (exact) mass is 286 g/mol. The number of amides is 1. The molecule has 1 saturated heterocycles. The van der Waals surface area contributed by atoms with Gasteiger partial charge in [-0.2, -0.15) is 0 Å². The first-order chi connectivity index (χ1) is 9.45. The molecule has 2 rings (SSSR count). The fraction of sp³-hybridized carbons (Fsp3) is 0.417. The standard InChI is InChI=1S/C12H12F2N2O4/c13-9-4-8(11(16(19)20)5-10(9)14)12(18)15-3-1-2-7(15)6-17/h4-5,7,17H,1-3,6H2/t7-/m0/s1. The van der Waals surface area contributed by atoms with E-state index in [2.05, 4.69) is 0 Å². The Kier molecular flexibility index (Phi) is 3.93. The van der Waals surface area contributed by atoms with E-state index in [4.69, 9.17) is 5.11 Å². The maximum Gasteiger partial charge on any atom is 0.285 e. The zero-order chi connectivity index (χ0) is 14.9. The number of hydrogen-bond acceptors (Lipinski definition) is 4. The van der Waals surface area contributed by atoms with Gasteiger partial charge >= 0.3 is 0 Å². The first-order valence-electron chi connectivity index (χ1n) is 6.01. The molecular weight excluding hydrogens is 274 g/mol. The Labute approximate surface area is 112 Å². The van der Waals surface area contributed by atoms with Gasteiger partial charge in [0, 0.05) is 6.54 Å². The van der Waals surface area contributed by atoms with Crippen molar-refractivity contribution in [3.63, 3.8) is 0 Å². The van der Waals surface area contributed by atoms with Crippen LogP contribution in [-0.4, -0.2) is 40.0 Å². The highest BCUT2D eigenvalue weighted by Gasteiger charge is 2.33. The Hall–Kier alpha value is -2.09. The number of hydrogen-bond donors (Lipinski definition) is 1. The maximum absolute atomic E-state index is 13.2. The molecule has 1 aromatic rings. The van der Waals surface area contributed by atoms with E-state index in [1.54, 1.807) is 0 Å². The number of aliphatic hydroxyl groups is 1. The van der Waals surface area contributed by atoms with E-state index in [0.29, 0.717) is 31.5 Å². The summed E-state index contributed by atoms with van der Waals surface area (Å²) in [4.78, 5) is 23.4. The number of aliphatic hydroxyl groups excluding tert-OH is 1. The maximum atomic E-state index is 13.2. The Balaban J connectivity index is 2.43. The molecule has 0 aliphatic carbocycles. The smallest absolute Gasteiger partial charge is 0.285 e. The van der Waals surface area contributed by atoms with Crippen LogP contribution in [0.25, 0.3) is 0 Å². The third-order valence-electron chi connectivity index (χ3n) is 3.31. The summed E-state index contributed by atoms with van der Waals surface area (Å²) in [6.45, 7) is 0.0451. The van der Waals surface area contributed by atoms with Crippen LogP contribution >= 0.6 is 0 Å². The fourth-order valence-electron chi connectivity index (χ4n) is 2.31. The summed E-state index contributed by atoms with van der Waals surface area (Å²) >= 11 is 0. The summed E-state index contributed by atoms with van der Waals surface area (Å²) in [5.74, 6) is -3.47. The second kappa shape index (κ2) is 5.49. The zero-order valence-corrected chi connectivity index (χ0v) is 10.4. The Morgan fingerprint density at radius 3 is 2.70 bits per heavy atom. The number of nitro groups is 1. The first-order valence-corrected chi connectivity index (χ1v) is 6.01. The number of halogens is 2. The number of likely N-dealkylation sites (tertiary alicyclic amines) is 1. The molecule has 108 valence electrons. The van der Waals surface area contributed by atoms with Crippen molar-refractivity contribution >= 4 is 11.6 Å². The zero-order valence-electron chi connectivity index (χ0n) is 10.4. The topological polar surface area (TPSA) is 83.7 Å².